The van der Waals surface area contributed by atoms with Gasteiger partial charge in [-0.15, -0.1) is 0 Å². The fourth-order valence-corrected chi connectivity index (χ4v) is 5.12. The van der Waals surface area contributed by atoms with Gasteiger partial charge in [0, 0.05) is 18.1 Å². The van der Waals surface area contributed by atoms with E-state index in [9.17, 15) is 13.2 Å². The molecule has 2 aromatic carbocycles. The van der Waals surface area contributed by atoms with Gasteiger partial charge in [-0.1, -0.05) is 30.3 Å². The molecule has 0 heterocycles. The number of carbonyl (C=O) groups is 1. The molecule has 0 radical (unpaired) electrons. The van der Waals surface area contributed by atoms with Crippen LogP contribution in [0, 0.1) is 20.8 Å². The third kappa shape index (κ3) is 6.51. The van der Waals surface area contributed by atoms with Crippen LogP contribution in [0.25, 0.3) is 0 Å². The predicted octanol–water partition coefficient (Wildman–Crippen LogP) is 3.82. The number of hydrogen-bond donors (Lipinski definition) is 1. The van der Waals surface area contributed by atoms with Crippen molar-refractivity contribution >= 4 is 33.4 Å². The summed E-state index contributed by atoms with van der Waals surface area (Å²) in [4.78, 5) is 12.6. The molecule has 7 heteroatoms. The van der Waals surface area contributed by atoms with Gasteiger partial charge in [-0.05, 0) is 62.1 Å². The number of aryl methyl sites for hydroxylation is 3. The summed E-state index contributed by atoms with van der Waals surface area (Å²) in [6.07, 6.45) is 1.13. The molecule has 1 atom stereocenters. The highest BCUT2D eigenvalue weighted by Crippen LogP contribution is 2.23. The van der Waals surface area contributed by atoms with E-state index in [4.69, 9.17) is 0 Å². The molecule has 2 aromatic rings. The summed E-state index contributed by atoms with van der Waals surface area (Å²) >= 11 is 1.74. The zero-order valence-electron chi connectivity index (χ0n) is 17.7. The monoisotopic (exact) mass is 434 g/mol. The number of hydrogen-bond acceptors (Lipinski definition) is 4. The van der Waals surface area contributed by atoms with Crippen molar-refractivity contribution in [1.82, 2.24) is 5.32 Å². The Morgan fingerprint density at radius 1 is 1.07 bits per heavy atom. The molecule has 1 N–H and O–H groups in total. The van der Waals surface area contributed by atoms with Crippen LogP contribution in [-0.4, -0.2) is 38.9 Å². The van der Waals surface area contributed by atoms with Gasteiger partial charge < -0.3 is 5.32 Å². The van der Waals surface area contributed by atoms with E-state index < -0.39 is 16.1 Å². The molecule has 0 aliphatic carbocycles. The lowest BCUT2D eigenvalue weighted by atomic mass is 10.1. The molecular weight excluding hydrogens is 404 g/mol. The Labute approximate surface area is 178 Å². The summed E-state index contributed by atoms with van der Waals surface area (Å²) in [5, 5.41) is 2.87. The summed E-state index contributed by atoms with van der Waals surface area (Å²) in [6.45, 7) is 8.09. The Hall–Kier alpha value is -1.99. The number of carbonyl (C=O) groups excluding carboxylic acids is 1. The maximum absolute atomic E-state index is 12.6. The van der Waals surface area contributed by atoms with Crippen molar-refractivity contribution in [2.45, 2.75) is 39.5 Å². The smallest absolute Gasteiger partial charge is 0.243 e. The molecule has 2 rings (SSSR count). The number of anilines is 1. The number of thioether (sulfide) groups is 1. The molecule has 29 heavy (non-hydrogen) atoms. The van der Waals surface area contributed by atoms with Gasteiger partial charge in [-0.2, -0.15) is 11.8 Å². The Morgan fingerprint density at radius 3 is 2.38 bits per heavy atom. The normalized spacial score (nSPS) is 12.4. The van der Waals surface area contributed by atoms with Crippen LogP contribution in [0.2, 0.25) is 0 Å². The van der Waals surface area contributed by atoms with E-state index in [-0.39, 0.29) is 5.91 Å². The molecule has 0 aliphatic heterocycles. The van der Waals surface area contributed by atoms with Crippen LogP contribution in [0.4, 0.5) is 5.69 Å². The maximum atomic E-state index is 12.6. The largest absolute Gasteiger partial charge is 0.353 e. The molecule has 1 amide bonds. The van der Waals surface area contributed by atoms with Crippen molar-refractivity contribution < 1.29 is 13.2 Å². The summed E-state index contributed by atoms with van der Waals surface area (Å²) in [7, 11) is -3.60. The number of sulfonamides is 1. The molecule has 0 aromatic heterocycles. The second-order valence-electron chi connectivity index (χ2n) is 7.27. The van der Waals surface area contributed by atoms with Crippen molar-refractivity contribution in [3.05, 3.63) is 64.7 Å². The van der Waals surface area contributed by atoms with Crippen molar-refractivity contribution in [2.24, 2.45) is 0 Å². The predicted molar refractivity (Wildman–Crippen MR) is 123 cm³/mol. The second-order valence-corrected chi connectivity index (χ2v) is 10.2. The van der Waals surface area contributed by atoms with Gasteiger partial charge >= 0.3 is 0 Å². The quantitative estimate of drug-likeness (QED) is 0.610. The molecular formula is C22H30N2O3S2. The highest BCUT2D eigenvalue weighted by molar-refractivity contribution is 7.98. The minimum atomic E-state index is -3.60. The highest BCUT2D eigenvalue weighted by atomic mass is 32.2. The maximum Gasteiger partial charge on any atom is 0.243 e. The number of benzene rings is 2. The first-order valence-electron chi connectivity index (χ1n) is 9.58. The van der Waals surface area contributed by atoms with E-state index in [2.05, 4.69) is 24.4 Å². The van der Waals surface area contributed by atoms with Gasteiger partial charge in [-0.3, -0.25) is 9.10 Å². The van der Waals surface area contributed by atoms with Crippen molar-refractivity contribution in [1.29, 1.82) is 0 Å². The first kappa shape index (κ1) is 23.3. The fraction of sp³-hybridized carbons (Fsp3) is 0.409. The first-order valence-corrected chi connectivity index (χ1v) is 12.6. The van der Waals surface area contributed by atoms with Crippen molar-refractivity contribution in [3.8, 4) is 0 Å². The summed E-state index contributed by atoms with van der Waals surface area (Å²) in [5.74, 6) is 1.34. The lowest BCUT2D eigenvalue weighted by molar-refractivity contribution is -0.121. The zero-order chi connectivity index (χ0) is 21.6. The zero-order valence-corrected chi connectivity index (χ0v) is 19.4. The molecule has 0 fully saturated rings. The van der Waals surface area contributed by atoms with Gasteiger partial charge in [0.2, 0.25) is 15.9 Å². The van der Waals surface area contributed by atoms with E-state index in [0.29, 0.717) is 12.2 Å². The Morgan fingerprint density at radius 2 is 1.76 bits per heavy atom. The van der Waals surface area contributed by atoms with E-state index >= 15 is 0 Å². The number of rotatable bonds is 9. The average molecular weight is 435 g/mol. The van der Waals surface area contributed by atoms with Gasteiger partial charge in [0.25, 0.3) is 0 Å². The first-order chi connectivity index (χ1) is 13.6. The highest BCUT2D eigenvalue weighted by Gasteiger charge is 2.29. The lowest BCUT2D eigenvalue weighted by Crippen LogP contribution is -2.48. The lowest BCUT2D eigenvalue weighted by Gasteiger charge is -2.28. The molecule has 5 nitrogen and oxygen atoms in total. The van der Waals surface area contributed by atoms with E-state index in [0.717, 1.165) is 28.9 Å². The van der Waals surface area contributed by atoms with Crippen LogP contribution in [0.3, 0.4) is 0 Å². The number of amides is 1. The summed E-state index contributed by atoms with van der Waals surface area (Å²) < 4.78 is 26.0. The van der Waals surface area contributed by atoms with Crippen LogP contribution >= 0.6 is 11.8 Å². The molecule has 0 bridgehead atoms. The van der Waals surface area contributed by atoms with Gasteiger partial charge in [-0.25, -0.2) is 8.42 Å². The topological polar surface area (TPSA) is 66.5 Å². The summed E-state index contributed by atoms with van der Waals surface area (Å²) in [5.41, 5.74) is 5.11. The number of nitrogens with zero attached hydrogens (tertiary/aromatic N) is 1. The Balaban J connectivity index is 1.95. The minimum absolute atomic E-state index is 0.301. The van der Waals surface area contributed by atoms with Gasteiger partial charge in [0.05, 0.1) is 11.9 Å². The van der Waals surface area contributed by atoms with Crippen LogP contribution in [0.5, 0.6) is 0 Å². The van der Waals surface area contributed by atoms with Crippen LogP contribution in [-0.2, 0) is 20.6 Å². The van der Waals surface area contributed by atoms with E-state index in [1.54, 1.807) is 30.8 Å². The van der Waals surface area contributed by atoms with Crippen LogP contribution < -0.4 is 9.62 Å². The average Bonchev–Trinajstić information content (AvgIpc) is 2.64. The fourth-order valence-electron chi connectivity index (χ4n) is 3.02. The standard InChI is InChI=1S/C22H30N2O3S2/c1-16-10-11-21(14-18(16)3)24(29(5,26)27)19(4)22(25)23-12-13-28-15-20-9-7-6-8-17(20)2/h6-11,14,19H,12-13,15H2,1-5H3,(H,23,25)/t19-/m0/s1. The molecule has 158 valence electrons. The van der Waals surface area contributed by atoms with E-state index in [1.165, 1.54) is 15.4 Å². The third-order valence-corrected chi connectivity index (χ3v) is 7.15. The molecule has 0 saturated carbocycles. The van der Waals surface area contributed by atoms with Crippen molar-refractivity contribution in [2.75, 3.05) is 22.9 Å². The Kier molecular flexibility index (Phi) is 8.16. The number of nitrogens with one attached hydrogen (secondary N) is 1. The minimum Gasteiger partial charge on any atom is -0.353 e. The third-order valence-electron chi connectivity index (χ3n) is 4.90. The van der Waals surface area contributed by atoms with Gasteiger partial charge in [0.1, 0.15) is 6.04 Å². The molecule has 0 spiro atoms. The van der Waals surface area contributed by atoms with Gasteiger partial charge in [0.15, 0.2) is 0 Å². The molecule has 0 saturated heterocycles. The molecule has 0 unspecified atom stereocenters. The van der Waals surface area contributed by atoms with Crippen molar-refractivity contribution in [3.63, 3.8) is 0 Å². The Bertz CT molecular complexity index is 958. The van der Waals surface area contributed by atoms with Crippen LogP contribution in [0.15, 0.2) is 42.5 Å². The van der Waals surface area contributed by atoms with Crippen LogP contribution in [0.1, 0.15) is 29.2 Å². The second kappa shape index (κ2) is 10.2. The van der Waals surface area contributed by atoms with E-state index in [1.807, 2.05) is 32.0 Å². The molecule has 0 aliphatic rings. The summed E-state index contributed by atoms with van der Waals surface area (Å²) in [6, 6.07) is 12.8. The SMILES string of the molecule is Cc1ccc(N([C@@H](C)C(=O)NCCSCc2ccccc2C)S(C)(=O)=O)cc1C.